The number of rotatable bonds is 5. The van der Waals surface area contributed by atoms with Crippen LogP contribution in [-0.2, 0) is 0 Å². The average molecular weight is 308 g/mol. The van der Waals surface area contributed by atoms with Crippen molar-refractivity contribution in [3.05, 3.63) is 71.8 Å². The standard InChI is InChI=1S/C19H16O4/c1-22-17-7-4-14(5-8-17)19(21)23-18-9-6-15-10-13(12-20)2-3-16(15)11-18/h2-12,19,21H,1H3. The monoisotopic (exact) mass is 308 g/mol. The van der Waals surface area contributed by atoms with Crippen LogP contribution in [0.5, 0.6) is 11.5 Å². The number of aliphatic hydroxyl groups is 1. The Bertz CT molecular complexity index is 824. The van der Waals surface area contributed by atoms with Crippen LogP contribution in [0.1, 0.15) is 22.2 Å². The number of benzene rings is 3. The van der Waals surface area contributed by atoms with Crippen molar-refractivity contribution in [3.63, 3.8) is 0 Å². The molecule has 0 bridgehead atoms. The zero-order valence-electron chi connectivity index (χ0n) is 12.6. The first-order valence-electron chi connectivity index (χ1n) is 7.17. The van der Waals surface area contributed by atoms with E-state index >= 15 is 0 Å². The van der Waals surface area contributed by atoms with Crippen LogP contribution in [-0.4, -0.2) is 18.5 Å². The largest absolute Gasteiger partial charge is 0.497 e. The second kappa shape index (κ2) is 6.50. The van der Waals surface area contributed by atoms with Crippen molar-refractivity contribution in [2.45, 2.75) is 6.29 Å². The highest BCUT2D eigenvalue weighted by molar-refractivity contribution is 5.89. The quantitative estimate of drug-likeness (QED) is 0.576. The molecule has 3 rings (SSSR count). The van der Waals surface area contributed by atoms with Crippen molar-refractivity contribution in [2.24, 2.45) is 0 Å². The van der Waals surface area contributed by atoms with Gasteiger partial charge in [0.25, 0.3) is 0 Å². The van der Waals surface area contributed by atoms with E-state index < -0.39 is 6.29 Å². The number of aldehydes is 1. The van der Waals surface area contributed by atoms with Crippen molar-refractivity contribution in [3.8, 4) is 11.5 Å². The first kappa shape index (κ1) is 15.1. The minimum absolute atomic E-state index is 0.555. The lowest BCUT2D eigenvalue weighted by Gasteiger charge is -2.14. The Morgan fingerprint density at radius 1 is 0.913 bits per heavy atom. The Kier molecular flexibility index (Phi) is 4.26. The molecule has 0 aliphatic rings. The number of aliphatic hydroxyl groups excluding tert-OH is 1. The van der Waals surface area contributed by atoms with Gasteiger partial charge in [0.2, 0.25) is 6.29 Å². The predicted molar refractivity (Wildman–Crippen MR) is 87.9 cm³/mol. The Labute approximate surface area is 133 Å². The van der Waals surface area contributed by atoms with Crippen LogP contribution < -0.4 is 9.47 Å². The van der Waals surface area contributed by atoms with Crippen LogP contribution >= 0.6 is 0 Å². The summed E-state index contributed by atoms with van der Waals surface area (Å²) in [5.41, 5.74) is 1.27. The molecule has 3 aromatic carbocycles. The first-order valence-corrected chi connectivity index (χ1v) is 7.17. The van der Waals surface area contributed by atoms with E-state index in [-0.39, 0.29) is 0 Å². The molecule has 1 unspecified atom stereocenters. The number of ether oxygens (including phenoxy) is 2. The van der Waals surface area contributed by atoms with Gasteiger partial charge in [-0.15, -0.1) is 0 Å². The third-order valence-electron chi connectivity index (χ3n) is 3.62. The molecule has 0 saturated heterocycles. The minimum Gasteiger partial charge on any atom is -0.497 e. The van der Waals surface area contributed by atoms with Crippen molar-refractivity contribution < 1.29 is 19.4 Å². The summed E-state index contributed by atoms with van der Waals surface area (Å²) in [5.74, 6) is 1.28. The molecule has 0 saturated carbocycles. The summed E-state index contributed by atoms with van der Waals surface area (Å²) in [5, 5.41) is 12.1. The van der Waals surface area contributed by atoms with Gasteiger partial charge < -0.3 is 14.6 Å². The number of carbonyl (C=O) groups excluding carboxylic acids is 1. The molecule has 0 radical (unpaired) electrons. The SMILES string of the molecule is COc1ccc(C(O)Oc2ccc3cc(C=O)ccc3c2)cc1. The second-order valence-corrected chi connectivity index (χ2v) is 5.13. The molecule has 116 valence electrons. The lowest BCUT2D eigenvalue weighted by molar-refractivity contribution is -0.0193. The lowest BCUT2D eigenvalue weighted by Crippen LogP contribution is -2.06. The van der Waals surface area contributed by atoms with E-state index in [9.17, 15) is 9.90 Å². The van der Waals surface area contributed by atoms with Gasteiger partial charge in [0.1, 0.15) is 17.8 Å². The topological polar surface area (TPSA) is 55.8 Å². The van der Waals surface area contributed by atoms with Crippen LogP contribution in [0, 0.1) is 0 Å². The molecule has 4 heteroatoms. The van der Waals surface area contributed by atoms with Gasteiger partial charge in [-0.1, -0.05) is 18.2 Å². The molecule has 0 heterocycles. The molecule has 1 N–H and O–H groups in total. The van der Waals surface area contributed by atoms with E-state index in [4.69, 9.17) is 9.47 Å². The van der Waals surface area contributed by atoms with E-state index in [1.165, 1.54) is 0 Å². The van der Waals surface area contributed by atoms with Gasteiger partial charge in [0, 0.05) is 11.1 Å². The van der Waals surface area contributed by atoms with Crippen LogP contribution in [0.2, 0.25) is 0 Å². The van der Waals surface area contributed by atoms with Gasteiger partial charge in [-0.2, -0.15) is 0 Å². The zero-order chi connectivity index (χ0) is 16.2. The summed E-state index contributed by atoms with van der Waals surface area (Å²) in [4.78, 5) is 10.8. The highest BCUT2D eigenvalue weighted by atomic mass is 16.6. The number of hydrogen-bond acceptors (Lipinski definition) is 4. The van der Waals surface area contributed by atoms with E-state index in [0.717, 1.165) is 22.8 Å². The van der Waals surface area contributed by atoms with Crippen molar-refractivity contribution in [1.29, 1.82) is 0 Å². The molecule has 4 nitrogen and oxygen atoms in total. The smallest absolute Gasteiger partial charge is 0.224 e. The van der Waals surface area contributed by atoms with Gasteiger partial charge in [-0.05, 0) is 53.2 Å². The summed E-state index contributed by atoms with van der Waals surface area (Å²) in [6.07, 6.45) is -0.246. The first-order chi connectivity index (χ1) is 11.2. The lowest BCUT2D eigenvalue weighted by atomic mass is 10.1. The van der Waals surface area contributed by atoms with Crippen LogP contribution in [0.3, 0.4) is 0 Å². The molecule has 0 aliphatic carbocycles. The molecule has 23 heavy (non-hydrogen) atoms. The summed E-state index contributed by atoms with van der Waals surface area (Å²) in [6.45, 7) is 0. The van der Waals surface area contributed by atoms with E-state index in [1.54, 1.807) is 43.5 Å². The number of methoxy groups -OCH3 is 1. The average Bonchev–Trinajstić information content (AvgIpc) is 2.61. The van der Waals surface area contributed by atoms with E-state index in [1.807, 2.05) is 24.3 Å². The minimum atomic E-state index is -1.06. The van der Waals surface area contributed by atoms with Crippen LogP contribution in [0.4, 0.5) is 0 Å². The predicted octanol–water partition coefficient (Wildman–Crippen LogP) is 3.73. The molecule has 0 aromatic heterocycles. The molecule has 3 aromatic rings. The Morgan fingerprint density at radius 3 is 2.26 bits per heavy atom. The summed E-state index contributed by atoms with van der Waals surface area (Å²) in [6, 6.07) is 17.9. The van der Waals surface area contributed by atoms with Gasteiger partial charge >= 0.3 is 0 Å². The van der Waals surface area contributed by atoms with Crippen LogP contribution in [0.15, 0.2) is 60.7 Å². The van der Waals surface area contributed by atoms with E-state index in [0.29, 0.717) is 16.9 Å². The Morgan fingerprint density at radius 2 is 1.57 bits per heavy atom. The van der Waals surface area contributed by atoms with Gasteiger partial charge in [-0.25, -0.2) is 0 Å². The summed E-state index contributed by atoms with van der Waals surface area (Å²) < 4.78 is 10.7. The fourth-order valence-corrected chi connectivity index (χ4v) is 2.35. The maximum absolute atomic E-state index is 10.8. The fraction of sp³-hybridized carbons (Fsp3) is 0.105. The number of hydrogen-bond donors (Lipinski definition) is 1. The molecular weight excluding hydrogens is 292 g/mol. The molecule has 0 spiro atoms. The highest BCUT2D eigenvalue weighted by Crippen LogP contribution is 2.26. The maximum atomic E-state index is 10.8. The van der Waals surface area contributed by atoms with E-state index in [2.05, 4.69) is 0 Å². The Balaban J connectivity index is 1.81. The van der Waals surface area contributed by atoms with Gasteiger partial charge in [0.15, 0.2) is 0 Å². The second-order valence-electron chi connectivity index (χ2n) is 5.13. The number of fused-ring (bicyclic) bond motifs is 1. The highest BCUT2D eigenvalue weighted by Gasteiger charge is 2.10. The van der Waals surface area contributed by atoms with Gasteiger partial charge in [0.05, 0.1) is 7.11 Å². The zero-order valence-corrected chi connectivity index (χ0v) is 12.6. The molecule has 0 amide bonds. The normalized spacial score (nSPS) is 11.9. The maximum Gasteiger partial charge on any atom is 0.224 e. The van der Waals surface area contributed by atoms with Crippen LogP contribution in [0.25, 0.3) is 10.8 Å². The summed E-state index contributed by atoms with van der Waals surface area (Å²) in [7, 11) is 1.59. The molecule has 0 fully saturated rings. The molecular formula is C19H16O4. The third kappa shape index (κ3) is 3.33. The van der Waals surface area contributed by atoms with Crippen molar-refractivity contribution in [2.75, 3.05) is 7.11 Å². The summed E-state index contributed by atoms with van der Waals surface area (Å²) >= 11 is 0. The molecule has 0 aliphatic heterocycles. The van der Waals surface area contributed by atoms with Crippen molar-refractivity contribution in [1.82, 2.24) is 0 Å². The number of carbonyl (C=O) groups is 1. The third-order valence-corrected chi connectivity index (χ3v) is 3.62. The fourth-order valence-electron chi connectivity index (χ4n) is 2.35. The van der Waals surface area contributed by atoms with Gasteiger partial charge in [-0.3, -0.25) is 4.79 Å². The van der Waals surface area contributed by atoms with Crippen molar-refractivity contribution >= 4 is 17.1 Å². The Hall–Kier alpha value is -2.85. The molecule has 1 atom stereocenters.